The van der Waals surface area contributed by atoms with Gasteiger partial charge >= 0.3 is 12.2 Å². The van der Waals surface area contributed by atoms with E-state index in [4.69, 9.17) is 0 Å². The number of urea groups is 1. The van der Waals surface area contributed by atoms with Crippen LogP contribution >= 0.6 is 0 Å². The standard InChI is InChI=1S/C25H29F3N6O/c1-17-22(32-23(31-17)19-5-7-20(8-6-19)25(26,27)28)16-33-12-9-21(10-13-33)34(24(35)29-2)15-18-4-3-11-30-14-18/h3-8,11,14,21H,9-10,12-13,15-16H2,1-2H3,(H,29,35)(H,31,32). The Bertz CT molecular complexity index is 1120. The van der Waals surface area contributed by atoms with Crippen molar-refractivity contribution in [1.82, 2.24) is 30.1 Å². The van der Waals surface area contributed by atoms with Gasteiger partial charge in [0.1, 0.15) is 5.82 Å². The minimum absolute atomic E-state index is 0.100. The van der Waals surface area contributed by atoms with E-state index >= 15 is 0 Å². The van der Waals surface area contributed by atoms with Crippen molar-refractivity contribution < 1.29 is 18.0 Å². The van der Waals surface area contributed by atoms with Crippen LogP contribution in [0.3, 0.4) is 0 Å². The van der Waals surface area contributed by atoms with Crippen LogP contribution in [0.4, 0.5) is 18.0 Å². The molecule has 2 amide bonds. The molecule has 35 heavy (non-hydrogen) atoms. The summed E-state index contributed by atoms with van der Waals surface area (Å²) in [6.07, 6.45) is 0.804. The van der Waals surface area contributed by atoms with Gasteiger partial charge in [-0.25, -0.2) is 9.78 Å². The second kappa shape index (κ2) is 10.5. The number of piperidine rings is 1. The molecule has 0 unspecified atom stereocenters. The second-order valence-electron chi connectivity index (χ2n) is 8.78. The lowest BCUT2D eigenvalue weighted by Crippen LogP contribution is -2.49. The molecule has 186 valence electrons. The first-order valence-corrected chi connectivity index (χ1v) is 11.6. The number of imidazole rings is 1. The van der Waals surface area contributed by atoms with E-state index in [0.717, 1.165) is 55.0 Å². The van der Waals surface area contributed by atoms with Gasteiger partial charge in [0.15, 0.2) is 0 Å². The maximum atomic E-state index is 12.8. The molecule has 10 heteroatoms. The summed E-state index contributed by atoms with van der Waals surface area (Å²) in [5.74, 6) is 0.559. The largest absolute Gasteiger partial charge is 0.416 e. The van der Waals surface area contributed by atoms with Gasteiger partial charge < -0.3 is 15.2 Å². The number of aromatic amines is 1. The molecule has 2 aromatic heterocycles. The van der Waals surface area contributed by atoms with E-state index in [9.17, 15) is 18.0 Å². The van der Waals surface area contributed by atoms with Crippen LogP contribution in [0.25, 0.3) is 11.4 Å². The van der Waals surface area contributed by atoms with Crippen molar-refractivity contribution in [2.75, 3.05) is 20.1 Å². The van der Waals surface area contributed by atoms with Gasteiger partial charge in [-0.1, -0.05) is 18.2 Å². The average molecular weight is 487 g/mol. The van der Waals surface area contributed by atoms with Gasteiger partial charge in [-0.2, -0.15) is 13.2 Å². The lowest BCUT2D eigenvalue weighted by atomic mass is 10.0. The third kappa shape index (κ3) is 6.00. The van der Waals surface area contributed by atoms with Gasteiger partial charge in [-0.15, -0.1) is 0 Å². The summed E-state index contributed by atoms with van der Waals surface area (Å²) in [6, 6.07) is 8.87. The molecule has 7 nitrogen and oxygen atoms in total. The minimum atomic E-state index is -4.36. The van der Waals surface area contributed by atoms with E-state index in [-0.39, 0.29) is 12.1 Å². The van der Waals surface area contributed by atoms with Crippen molar-refractivity contribution in [2.24, 2.45) is 0 Å². The second-order valence-corrected chi connectivity index (χ2v) is 8.78. The zero-order chi connectivity index (χ0) is 25.0. The first-order valence-electron chi connectivity index (χ1n) is 11.6. The number of rotatable bonds is 6. The highest BCUT2D eigenvalue weighted by Gasteiger charge is 2.30. The summed E-state index contributed by atoms with van der Waals surface area (Å²) < 4.78 is 38.5. The highest BCUT2D eigenvalue weighted by atomic mass is 19.4. The minimum Gasteiger partial charge on any atom is -0.342 e. The molecular weight excluding hydrogens is 457 g/mol. The zero-order valence-electron chi connectivity index (χ0n) is 19.8. The lowest BCUT2D eigenvalue weighted by molar-refractivity contribution is -0.137. The number of nitrogens with one attached hydrogen (secondary N) is 2. The number of aryl methyl sites for hydroxylation is 1. The van der Waals surface area contributed by atoms with E-state index in [1.807, 2.05) is 24.0 Å². The molecule has 3 aromatic rings. The average Bonchev–Trinajstić information content (AvgIpc) is 3.23. The number of likely N-dealkylation sites (tertiary alicyclic amines) is 1. The van der Waals surface area contributed by atoms with E-state index < -0.39 is 11.7 Å². The van der Waals surface area contributed by atoms with Crippen LogP contribution in [0, 0.1) is 6.92 Å². The number of hydrogen-bond acceptors (Lipinski definition) is 4. The quantitative estimate of drug-likeness (QED) is 0.534. The van der Waals surface area contributed by atoms with Crippen LogP contribution in [-0.2, 0) is 19.3 Å². The monoisotopic (exact) mass is 486 g/mol. The van der Waals surface area contributed by atoms with Gasteiger partial charge in [-0.3, -0.25) is 9.88 Å². The Morgan fingerprint density at radius 2 is 1.91 bits per heavy atom. The smallest absolute Gasteiger partial charge is 0.342 e. The molecule has 1 aliphatic rings. The summed E-state index contributed by atoms with van der Waals surface area (Å²) in [5, 5.41) is 2.75. The molecule has 0 atom stereocenters. The predicted octanol–water partition coefficient (Wildman–Crippen LogP) is 4.60. The van der Waals surface area contributed by atoms with Crippen LogP contribution in [-0.4, -0.2) is 57.0 Å². The number of nitrogens with zero attached hydrogens (tertiary/aromatic N) is 4. The summed E-state index contributed by atoms with van der Waals surface area (Å²) in [4.78, 5) is 28.7. The van der Waals surface area contributed by atoms with E-state index in [2.05, 4.69) is 25.2 Å². The number of benzene rings is 1. The van der Waals surface area contributed by atoms with Crippen LogP contribution in [0.5, 0.6) is 0 Å². The number of carbonyl (C=O) groups is 1. The Kier molecular flexibility index (Phi) is 7.39. The van der Waals surface area contributed by atoms with Gasteiger partial charge in [0.05, 0.1) is 11.3 Å². The van der Waals surface area contributed by atoms with Crippen molar-refractivity contribution in [3.05, 3.63) is 71.3 Å². The van der Waals surface area contributed by atoms with Crippen molar-refractivity contribution in [1.29, 1.82) is 0 Å². The molecule has 0 bridgehead atoms. The highest BCUT2D eigenvalue weighted by molar-refractivity contribution is 5.74. The molecule has 1 fully saturated rings. The lowest BCUT2D eigenvalue weighted by Gasteiger charge is -2.38. The molecule has 2 N–H and O–H groups in total. The Morgan fingerprint density at radius 1 is 1.20 bits per heavy atom. The third-order valence-corrected chi connectivity index (χ3v) is 6.39. The van der Waals surface area contributed by atoms with Gasteiger partial charge in [0, 0.05) is 62.9 Å². The summed E-state index contributed by atoms with van der Waals surface area (Å²) in [5.41, 5.74) is 2.69. The third-order valence-electron chi connectivity index (χ3n) is 6.39. The van der Waals surface area contributed by atoms with Crippen molar-refractivity contribution in [3.8, 4) is 11.4 Å². The van der Waals surface area contributed by atoms with E-state index in [1.165, 1.54) is 12.1 Å². The fraction of sp³-hybridized carbons (Fsp3) is 0.400. The molecule has 0 radical (unpaired) electrons. The maximum Gasteiger partial charge on any atom is 0.416 e. The van der Waals surface area contributed by atoms with Crippen LogP contribution in [0.1, 0.15) is 35.4 Å². The Labute approximate surface area is 202 Å². The summed E-state index contributed by atoms with van der Waals surface area (Å²) in [7, 11) is 1.64. The van der Waals surface area contributed by atoms with Gasteiger partial charge in [0.2, 0.25) is 0 Å². The fourth-order valence-corrected chi connectivity index (χ4v) is 4.40. The molecule has 0 spiro atoms. The summed E-state index contributed by atoms with van der Waals surface area (Å²) in [6.45, 7) is 4.69. The topological polar surface area (TPSA) is 77.2 Å². The van der Waals surface area contributed by atoms with E-state index in [0.29, 0.717) is 24.5 Å². The Balaban J connectivity index is 1.38. The molecule has 4 rings (SSSR count). The normalized spacial score (nSPS) is 15.2. The number of pyridine rings is 1. The highest BCUT2D eigenvalue weighted by Crippen LogP contribution is 2.31. The molecule has 1 saturated heterocycles. The SMILES string of the molecule is CNC(=O)N(Cc1cccnc1)C1CCN(Cc2nc(-c3ccc(C(F)(F)F)cc3)[nH]c2C)CC1. The van der Waals surface area contributed by atoms with Crippen LogP contribution < -0.4 is 5.32 Å². The number of aromatic nitrogens is 3. The van der Waals surface area contributed by atoms with Crippen molar-refractivity contribution >= 4 is 6.03 Å². The first kappa shape index (κ1) is 24.7. The molecule has 0 aliphatic carbocycles. The fourth-order valence-electron chi connectivity index (χ4n) is 4.40. The zero-order valence-corrected chi connectivity index (χ0v) is 19.8. The van der Waals surface area contributed by atoms with Crippen LogP contribution in [0.2, 0.25) is 0 Å². The number of alkyl halides is 3. The van der Waals surface area contributed by atoms with Gasteiger partial charge in [0.25, 0.3) is 0 Å². The van der Waals surface area contributed by atoms with Crippen molar-refractivity contribution in [2.45, 2.75) is 45.1 Å². The van der Waals surface area contributed by atoms with E-state index in [1.54, 1.807) is 19.4 Å². The first-order chi connectivity index (χ1) is 16.7. The van der Waals surface area contributed by atoms with Crippen molar-refractivity contribution in [3.63, 3.8) is 0 Å². The number of hydrogen-bond donors (Lipinski definition) is 2. The number of H-pyrrole nitrogens is 1. The number of halogens is 3. The van der Waals surface area contributed by atoms with Crippen LogP contribution in [0.15, 0.2) is 48.8 Å². The molecular formula is C25H29F3N6O. The molecule has 1 aliphatic heterocycles. The molecule has 0 saturated carbocycles. The Hall–Kier alpha value is -3.40. The maximum absolute atomic E-state index is 12.8. The number of carbonyl (C=O) groups excluding carboxylic acids is 1. The molecule has 1 aromatic carbocycles. The molecule has 3 heterocycles. The van der Waals surface area contributed by atoms with Gasteiger partial charge in [-0.05, 0) is 43.5 Å². The Morgan fingerprint density at radius 3 is 2.51 bits per heavy atom. The number of amides is 2. The predicted molar refractivity (Wildman–Crippen MR) is 126 cm³/mol. The summed E-state index contributed by atoms with van der Waals surface area (Å²) >= 11 is 0.